The Morgan fingerprint density at radius 2 is 2.50 bits per heavy atom. The molecule has 1 N–H and O–H groups in total. The molecular formula is C9H15N3O2. The van der Waals surface area contributed by atoms with E-state index in [4.69, 9.17) is 0 Å². The van der Waals surface area contributed by atoms with E-state index in [2.05, 4.69) is 15.2 Å². The van der Waals surface area contributed by atoms with Gasteiger partial charge < -0.3 is 10.1 Å². The van der Waals surface area contributed by atoms with Gasteiger partial charge in [-0.25, -0.2) is 0 Å². The molecule has 0 aromatic carbocycles. The lowest BCUT2D eigenvalue weighted by atomic mass is 10.3. The van der Waals surface area contributed by atoms with Crippen LogP contribution in [-0.2, 0) is 16.1 Å². The fourth-order valence-electron chi connectivity index (χ4n) is 1.09. The first kappa shape index (κ1) is 10.7. The largest absolute Gasteiger partial charge is 0.468 e. The number of ether oxygens (including phenoxy) is 1. The Morgan fingerprint density at radius 3 is 3.07 bits per heavy atom. The van der Waals surface area contributed by atoms with Gasteiger partial charge in [-0.2, -0.15) is 5.10 Å². The van der Waals surface area contributed by atoms with Crippen molar-refractivity contribution >= 4 is 5.97 Å². The van der Waals surface area contributed by atoms with Crippen molar-refractivity contribution in [1.82, 2.24) is 15.1 Å². The summed E-state index contributed by atoms with van der Waals surface area (Å²) in [6.45, 7) is 3.21. The van der Waals surface area contributed by atoms with E-state index in [9.17, 15) is 4.79 Å². The summed E-state index contributed by atoms with van der Waals surface area (Å²) >= 11 is 0. The average molecular weight is 197 g/mol. The third kappa shape index (κ3) is 3.18. The molecule has 0 saturated heterocycles. The predicted molar refractivity (Wildman–Crippen MR) is 51.7 cm³/mol. The summed E-state index contributed by atoms with van der Waals surface area (Å²) in [7, 11) is 1.38. The molecule has 1 unspecified atom stereocenters. The molecule has 5 nitrogen and oxygen atoms in total. The number of hydrogen-bond acceptors (Lipinski definition) is 4. The zero-order valence-corrected chi connectivity index (χ0v) is 8.43. The van der Waals surface area contributed by atoms with Crippen LogP contribution in [0.3, 0.4) is 0 Å². The number of carbonyl (C=O) groups is 1. The molecule has 0 spiro atoms. The highest BCUT2D eigenvalue weighted by molar-refractivity contribution is 5.74. The van der Waals surface area contributed by atoms with E-state index in [1.165, 1.54) is 7.11 Å². The summed E-state index contributed by atoms with van der Waals surface area (Å²) in [6, 6.07) is 1.60. The Morgan fingerprint density at radius 1 is 1.71 bits per heavy atom. The van der Waals surface area contributed by atoms with E-state index in [1.807, 2.05) is 12.3 Å². The highest BCUT2D eigenvalue weighted by atomic mass is 16.5. The molecule has 5 heteroatoms. The number of esters is 1. The molecule has 14 heavy (non-hydrogen) atoms. The normalized spacial score (nSPS) is 12.4. The molecule has 0 bridgehead atoms. The molecular weight excluding hydrogens is 182 g/mol. The molecule has 78 valence electrons. The third-order valence-corrected chi connectivity index (χ3v) is 1.91. The van der Waals surface area contributed by atoms with Gasteiger partial charge in [0.2, 0.25) is 0 Å². The van der Waals surface area contributed by atoms with Crippen molar-refractivity contribution < 1.29 is 9.53 Å². The molecule has 0 amide bonds. The van der Waals surface area contributed by atoms with Gasteiger partial charge in [0, 0.05) is 18.9 Å². The van der Waals surface area contributed by atoms with Crippen LogP contribution in [0.5, 0.6) is 0 Å². The molecule has 0 aliphatic rings. The number of nitrogens with zero attached hydrogens (tertiary/aromatic N) is 2. The van der Waals surface area contributed by atoms with Crippen LogP contribution in [0.25, 0.3) is 0 Å². The fourth-order valence-corrected chi connectivity index (χ4v) is 1.09. The second-order valence-electron chi connectivity index (χ2n) is 2.97. The quantitative estimate of drug-likeness (QED) is 0.677. The van der Waals surface area contributed by atoms with Gasteiger partial charge in [-0.05, 0) is 13.0 Å². The fraction of sp³-hybridized carbons (Fsp3) is 0.556. The zero-order chi connectivity index (χ0) is 10.4. The average Bonchev–Trinajstić information content (AvgIpc) is 2.69. The molecule has 1 atom stereocenters. The predicted octanol–water partition coefficient (Wildman–Crippen LogP) is 0.0342. The number of aromatic nitrogens is 2. The Balaban J connectivity index is 2.18. The maximum absolute atomic E-state index is 11.0. The monoisotopic (exact) mass is 197 g/mol. The number of methoxy groups -OCH3 is 1. The minimum Gasteiger partial charge on any atom is -0.468 e. The third-order valence-electron chi connectivity index (χ3n) is 1.91. The van der Waals surface area contributed by atoms with Gasteiger partial charge in [0.15, 0.2) is 0 Å². The van der Waals surface area contributed by atoms with E-state index in [0.29, 0.717) is 6.54 Å². The smallest absolute Gasteiger partial charge is 0.322 e. The second-order valence-corrected chi connectivity index (χ2v) is 2.97. The SMILES string of the molecule is COC(=O)C(C)NCCn1cccn1. The first-order valence-corrected chi connectivity index (χ1v) is 4.52. The maximum atomic E-state index is 11.0. The molecule has 0 saturated carbocycles. The summed E-state index contributed by atoms with van der Waals surface area (Å²) in [5.41, 5.74) is 0. The first-order chi connectivity index (χ1) is 6.74. The molecule has 0 fully saturated rings. The number of carbonyl (C=O) groups excluding carboxylic acids is 1. The summed E-state index contributed by atoms with van der Waals surface area (Å²) in [6.07, 6.45) is 3.61. The van der Waals surface area contributed by atoms with Crippen molar-refractivity contribution in [3.05, 3.63) is 18.5 Å². The van der Waals surface area contributed by atoms with Crippen molar-refractivity contribution in [2.24, 2.45) is 0 Å². The number of nitrogens with one attached hydrogen (secondary N) is 1. The van der Waals surface area contributed by atoms with Crippen molar-refractivity contribution in [3.8, 4) is 0 Å². The summed E-state index contributed by atoms with van der Waals surface area (Å²) in [4.78, 5) is 11.0. The Bertz CT molecular complexity index is 272. The van der Waals surface area contributed by atoms with E-state index < -0.39 is 0 Å². The number of hydrogen-bond donors (Lipinski definition) is 1. The highest BCUT2D eigenvalue weighted by Gasteiger charge is 2.10. The molecule has 1 aromatic heterocycles. The first-order valence-electron chi connectivity index (χ1n) is 4.52. The van der Waals surface area contributed by atoms with Gasteiger partial charge in [-0.15, -0.1) is 0 Å². The number of rotatable bonds is 5. The van der Waals surface area contributed by atoms with E-state index in [1.54, 1.807) is 17.8 Å². The van der Waals surface area contributed by atoms with Crippen LogP contribution in [0.2, 0.25) is 0 Å². The van der Waals surface area contributed by atoms with E-state index in [-0.39, 0.29) is 12.0 Å². The Kier molecular flexibility index (Phi) is 4.12. The van der Waals surface area contributed by atoms with Gasteiger partial charge in [0.05, 0.1) is 13.7 Å². The summed E-state index contributed by atoms with van der Waals surface area (Å²) < 4.78 is 6.38. The molecule has 1 heterocycles. The molecule has 1 aromatic rings. The van der Waals surface area contributed by atoms with Crippen LogP contribution in [-0.4, -0.2) is 35.4 Å². The van der Waals surface area contributed by atoms with Crippen molar-refractivity contribution in [3.63, 3.8) is 0 Å². The lowest BCUT2D eigenvalue weighted by molar-refractivity contribution is -0.142. The minimum atomic E-state index is -0.268. The van der Waals surface area contributed by atoms with Crippen LogP contribution < -0.4 is 5.32 Å². The Hall–Kier alpha value is -1.36. The molecule has 0 radical (unpaired) electrons. The Labute approximate surface area is 83.1 Å². The lowest BCUT2D eigenvalue weighted by Gasteiger charge is -2.10. The van der Waals surface area contributed by atoms with Crippen LogP contribution in [0, 0.1) is 0 Å². The second kappa shape index (κ2) is 5.39. The van der Waals surface area contributed by atoms with Crippen molar-refractivity contribution in [2.75, 3.05) is 13.7 Å². The van der Waals surface area contributed by atoms with Gasteiger partial charge in [0.1, 0.15) is 6.04 Å². The van der Waals surface area contributed by atoms with Gasteiger partial charge >= 0.3 is 5.97 Å². The molecule has 0 aliphatic carbocycles. The van der Waals surface area contributed by atoms with Crippen LogP contribution >= 0.6 is 0 Å². The summed E-state index contributed by atoms with van der Waals surface area (Å²) in [5, 5.41) is 7.07. The van der Waals surface area contributed by atoms with Crippen LogP contribution in [0.1, 0.15) is 6.92 Å². The standard InChI is InChI=1S/C9H15N3O2/c1-8(9(13)14-2)10-5-7-12-6-3-4-11-12/h3-4,6,8,10H,5,7H2,1-2H3. The van der Waals surface area contributed by atoms with Gasteiger partial charge in [-0.3, -0.25) is 9.48 Å². The highest BCUT2D eigenvalue weighted by Crippen LogP contribution is 1.87. The van der Waals surface area contributed by atoms with Gasteiger partial charge in [0.25, 0.3) is 0 Å². The molecule has 0 aliphatic heterocycles. The van der Waals surface area contributed by atoms with Crippen LogP contribution in [0.4, 0.5) is 0 Å². The van der Waals surface area contributed by atoms with Crippen molar-refractivity contribution in [2.45, 2.75) is 19.5 Å². The zero-order valence-electron chi connectivity index (χ0n) is 8.43. The molecule has 1 rings (SSSR count). The maximum Gasteiger partial charge on any atom is 0.322 e. The van der Waals surface area contributed by atoms with Crippen molar-refractivity contribution in [1.29, 1.82) is 0 Å². The van der Waals surface area contributed by atoms with E-state index in [0.717, 1.165) is 6.54 Å². The lowest BCUT2D eigenvalue weighted by Crippen LogP contribution is -2.36. The van der Waals surface area contributed by atoms with Gasteiger partial charge in [-0.1, -0.05) is 0 Å². The summed E-state index contributed by atoms with van der Waals surface area (Å²) in [5.74, 6) is -0.245. The minimum absolute atomic E-state index is 0.245. The topological polar surface area (TPSA) is 56.1 Å². The van der Waals surface area contributed by atoms with Crippen LogP contribution in [0.15, 0.2) is 18.5 Å². The van der Waals surface area contributed by atoms with E-state index >= 15 is 0 Å².